The highest BCUT2D eigenvalue weighted by Gasteiger charge is 2.19. The van der Waals surface area contributed by atoms with Crippen molar-refractivity contribution in [1.82, 2.24) is 19.4 Å². The number of aromatic nitrogens is 2. The summed E-state index contributed by atoms with van der Waals surface area (Å²) in [4.78, 5) is 35.3. The Morgan fingerprint density at radius 2 is 1.50 bits per heavy atom. The van der Waals surface area contributed by atoms with Crippen LogP contribution in [0.25, 0.3) is 11.1 Å². The van der Waals surface area contributed by atoms with Crippen LogP contribution in [0.2, 0.25) is 5.02 Å². The van der Waals surface area contributed by atoms with E-state index in [1.165, 1.54) is 23.9 Å². The van der Waals surface area contributed by atoms with Crippen molar-refractivity contribution in [2.24, 2.45) is 0 Å². The topological polar surface area (TPSA) is 58.4 Å². The minimum absolute atomic E-state index is 0.0459. The van der Waals surface area contributed by atoms with Gasteiger partial charge in [-0.3, -0.25) is 9.59 Å². The molecule has 1 heterocycles. The van der Waals surface area contributed by atoms with Gasteiger partial charge in [0.2, 0.25) is 5.91 Å². The van der Waals surface area contributed by atoms with Gasteiger partial charge in [-0.1, -0.05) is 99.1 Å². The normalized spacial score (nSPS) is 11.2. The Morgan fingerprint density at radius 3 is 2.11 bits per heavy atom. The summed E-state index contributed by atoms with van der Waals surface area (Å²) in [5.74, 6) is 0.155. The summed E-state index contributed by atoms with van der Waals surface area (Å²) in [6, 6.07) is 22.3. The zero-order valence-corrected chi connectivity index (χ0v) is 27.2. The highest BCUT2D eigenvalue weighted by molar-refractivity contribution is 7.98. The van der Waals surface area contributed by atoms with Crippen LogP contribution in [-0.4, -0.2) is 51.4 Å². The van der Waals surface area contributed by atoms with Gasteiger partial charge in [0, 0.05) is 42.2 Å². The van der Waals surface area contributed by atoms with Crippen molar-refractivity contribution < 1.29 is 9.18 Å². The molecular weight excluding hydrogens is 595 g/mol. The van der Waals surface area contributed by atoms with Crippen LogP contribution in [0.3, 0.4) is 0 Å². The van der Waals surface area contributed by atoms with Gasteiger partial charge in [-0.2, -0.15) is 4.98 Å². The van der Waals surface area contributed by atoms with E-state index in [-0.39, 0.29) is 23.8 Å². The number of thioether (sulfide) groups is 1. The van der Waals surface area contributed by atoms with Crippen LogP contribution in [0, 0.1) is 5.82 Å². The number of rotatable bonds is 15. The Labute approximate surface area is 268 Å². The third kappa shape index (κ3) is 9.52. The maximum atomic E-state index is 14.0. The number of hydrogen-bond donors (Lipinski definition) is 0. The van der Waals surface area contributed by atoms with Crippen molar-refractivity contribution in [3.63, 3.8) is 0 Å². The summed E-state index contributed by atoms with van der Waals surface area (Å²) in [6.07, 6.45) is 3.18. The van der Waals surface area contributed by atoms with Crippen LogP contribution in [0.15, 0.2) is 88.9 Å². The average molecular weight is 635 g/mol. The predicted octanol–water partition coefficient (Wildman–Crippen LogP) is 7.32. The van der Waals surface area contributed by atoms with E-state index < -0.39 is 0 Å². The Balaban J connectivity index is 1.57. The first kappa shape index (κ1) is 33.4. The maximum absolute atomic E-state index is 14.0. The minimum Gasteiger partial charge on any atom is -0.336 e. The Hall–Kier alpha value is -3.46. The number of halogens is 2. The Morgan fingerprint density at radius 1 is 0.886 bits per heavy atom. The molecule has 1 aromatic heterocycles. The molecule has 0 spiro atoms. The fraction of sp³-hybridized carbons (Fsp3) is 0.343. The number of hydrogen-bond acceptors (Lipinski definition) is 5. The first-order valence-electron chi connectivity index (χ1n) is 15.1. The standard InChI is InChI=1S/C35H40ClFN4O2S/c1-4-7-30-23-41(35(38-34(30)43)44-25-27-10-18-32(37)19-11-27)24-33(42)40(21-20-39(5-2)6-3)22-26-8-12-28(13-9-26)29-14-16-31(36)17-15-29/h8-19,23H,4-7,20-22,24-25H2,1-3H3. The van der Waals surface area contributed by atoms with Gasteiger partial charge >= 0.3 is 0 Å². The lowest BCUT2D eigenvalue weighted by molar-refractivity contribution is -0.132. The van der Waals surface area contributed by atoms with Gasteiger partial charge in [-0.15, -0.1) is 0 Å². The highest BCUT2D eigenvalue weighted by atomic mass is 35.5. The van der Waals surface area contributed by atoms with Crippen molar-refractivity contribution in [2.45, 2.75) is 57.6 Å². The summed E-state index contributed by atoms with van der Waals surface area (Å²) >= 11 is 7.43. The monoisotopic (exact) mass is 634 g/mol. The van der Waals surface area contributed by atoms with Crippen LogP contribution in [0.1, 0.15) is 43.9 Å². The minimum atomic E-state index is -0.298. The molecule has 0 N–H and O–H groups in total. The molecule has 0 radical (unpaired) electrons. The molecular formula is C35H40ClFN4O2S. The zero-order chi connectivity index (χ0) is 31.5. The lowest BCUT2D eigenvalue weighted by Crippen LogP contribution is -2.40. The van der Waals surface area contributed by atoms with Gasteiger partial charge in [0.15, 0.2) is 5.16 Å². The molecule has 0 atom stereocenters. The van der Waals surface area contributed by atoms with Crippen molar-refractivity contribution in [3.05, 3.63) is 117 Å². The molecule has 0 aliphatic heterocycles. The van der Waals surface area contributed by atoms with Crippen LogP contribution in [0.4, 0.5) is 4.39 Å². The van der Waals surface area contributed by atoms with Gasteiger partial charge in [0.05, 0.1) is 0 Å². The van der Waals surface area contributed by atoms with E-state index in [4.69, 9.17) is 11.6 Å². The van der Waals surface area contributed by atoms with Crippen molar-refractivity contribution in [3.8, 4) is 11.1 Å². The molecule has 6 nitrogen and oxygen atoms in total. The number of aryl methyl sites for hydroxylation is 1. The second-order valence-electron chi connectivity index (χ2n) is 10.7. The Bertz CT molecular complexity index is 1560. The number of carbonyl (C=O) groups is 1. The van der Waals surface area contributed by atoms with E-state index in [1.807, 2.05) is 36.1 Å². The SMILES string of the molecule is CCCc1cn(CC(=O)N(CCN(CC)CC)Cc2ccc(-c3ccc(Cl)cc3)cc2)c(SCc2ccc(F)cc2)nc1=O. The number of likely N-dealkylation sites (N-methyl/N-ethyl adjacent to an activating group) is 1. The molecule has 0 saturated heterocycles. The zero-order valence-electron chi connectivity index (χ0n) is 25.6. The van der Waals surface area contributed by atoms with Crippen molar-refractivity contribution in [2.75, 3.05) is 26.2 Å². The van der Waals surface area contributed by atoms with Gasteiger partial charge in [-0.25, -0.2) is 4.39 Å². The van der Waals surface area contributed by atoms with E-state index in [2.05, 4.69) is 48.0 Å². The van der Waals surface area contributed by atoms with Gasteiger partial charge < -0.3 is 14.4 Å². The summed E-state index contributed by atoms with van der Waals surface area (Å²) in [6.45, 7) is 9.94. The van der Waals surface area contributed by atoms with E-state index in [1.54, 1.807) is 22.9 Å². The fourth-order valence-electron chi connectivity index (χ4n) is 4.92. The van der Waals surface area contributed by atoms with Gasteiger partial charge in [-0.05, 0) is 66.0 Å². The van der Waals surface area contributed by atoms with Crippen LogP contribution >= 0.6 is 23.4 Å². The molecule has 0 aliphatic carbocycles. The first-order chi connectivity index (χ1) is 21.3. The molecule has 4 aromatic rings. The average Bonchev–Trinajstić information content (AvgIpc) is 3.03. The van der Waals surface area contributed by atoms with Crippen molar-refractivity contribution in [1.29, 1.82) is 0 Å². The number of amides is 1. The number of benzene rings is 3. The molecule has 0 bridgehead atoms. The van der Waals surface area contributed by atoms with E-state index >= 15 is 0 Å². The van der Waals surface area contributed by atoms with Crippen LogP contribution in [-0.2, 0) is 30.1 Å². The smallest absolute Gasteiger partial charge is 0.276 e. The third-order valence-corrected chi connectivity index (χ3v) is 8.89. The maximum Gasteiger partial charge on any atom is 0.276 e. The van der Waals surface area contributed by atoms with Crippen molar-refractivity contribution >= 4 is 29.3 Å². The molecule has 3 aromatic carbocycles. The van der Waals surface area contributed by atoms with Gasteiger partial charge in [0.1, 0.15) is 12.4 Å². The lowest BCUT2D eigenvalue weighted by Gasteiger charge is -2.27. The van der Waals surface area contributed by atoms with E-state index in [9.17, 15) is 14.0 Å². The van der Waals surface area contributed by atoms with Crippen LogP contribution < -0.4 is 5.56 Å². The molecule has 1 amide bonds. The molecule has 232 valence electrons. The lowest BCUT2D eigenvalue weighted by atomic mass is 10.0. The molecule has 0 saturated carbocycles. The third-order valence-electron chi connectivity index (χ3n) is 7.57. The number of carbonyl (C=O) groups excluding carboxylic acids is 1. The molecule has 0 unspecified atom stereocenters. The molecule has 0 fully saturated rings. The quantitative estimate of drug-likeness (QED) is 0.101. The fourth-order valence-corrected chi connectivity index (χ4v) is 5.97. The molecule has 4 rings (SSSR count). The molecule has 9 heteroatoms. The summed E-state index contributed by atoms with van der Waals surface area (Å²) < 4.78 is 15.2. The summed E-state index contributed by atoms with van der Waals surface area (Å²) in [7, 11) is 0. The first-order valence-corrected chi connectivity index (χ1v) is 16.5. The van der Waals surface area contributed by atoms with Crippen LogP contribution in [0.5, 0.6) is 0 Å². The Kier molecular flexibility index (Phi) is 12.6. The molecule has 0 aliphatic rings. The second kappa shape index (κ2) is 16.6. The van der Waals surface area contributed by atoms with E-state index in [0.29, 0.717) is 41.0 Å². The number of nitrogens with zero attached hydrogens (tertiary/aromatic N) is 4. The second-order valence-corrected chi connectivity index (χ2v) is 12.1. The molecule has 44 heavy (non-hydrogen) atoms. The summed E-state index contributed by atoms with van der Waals surface area (Å²) in [5.41, 5.74) is 4.43. The van der Waals surface area contributed by atoms with E-state index in [0.717, 1.165) is 48.3 Å². The predicted molar refractivity (Wildman–Crippen MR) is 179 cm³/mol. The summed E-state index contributed by atoms with van der Waals surface area (Å²) in [5, 5.41) is 1.17. The highest BCUT2D eigenvalue weighted by Crippen LogP contribution is 2.24. The van der Waals surface area contributed by atoms with Gasteiger partial charge in [0.25, 0.3) is 5.56 Å². The largest absolute Gasteiger partial charge is 0.336 e.